The Hall–Kier alpha value is -1.81. The Bertz CT molecular complexity index is 999. The van der Waals surface area contributed by atoms with Gasteiger partial charge in [0.2, 0.25) is 0 Å². The van der Waals surface area contributed by atoms with Crippen molar-refractivity contribution in [3.8, 4) is 10.6 Å². The van der Waals surface area contributed by atoms with Crippen molar-refractivity contribution in [2.24, 2.45) is 5.92 Å². The summed E-state index contributed by atoms with van der Waals surface area (Å²) in [7, 11) is 0. The monoisotopic (exact) mass is 460 g/mol. The molecule has 0 bridgehead atoms. The molecule has 0 saturated heterocycles. The van der Waals surface area contributed by atoms with Gasteiger partial charge in [-0.15, -0.1) is 11.3 Å². The number of anilines is 1. The molecule has 2 aromatic heterocycles. The number of hydrogen-bond acceptors (Lipinski definition) is 9. The van der Waals surface area contributed by atoms with Crippen LogP contribution in [0.5, 0.6) is 0 Å². The Morgan fingerprint density at radius 3 is 2.81 bits per heavy atom. The number of aldehydes is 1. The maximum atomic E-state index is 11.6. The van der Waals surface area contributed by atoms with Gasteiger partial charge in [-0.3, -0.25) is 0 Å². The summed E-state index contributed by atoms with van der Waals surface area (Å²) < 4.78 is 5.74. The molecule has 1 saturated carbocycles. The van der Waals surface area contributed by atoms with Crippen LogP contribution >= 0.6 is 23.1 Å². The highest BCUT2D eigenvalue weighted by Gasteiger charge is 2.38. The largest absolute Gasteiger partial charge is 0.366 e. The molecule has 0 unspecified atom stereocenters. The molecule has 4 rings (SSSR count). The van der Waals surface area contributed by atoms with Gasteiger partial charge in [-0.2, -0.15) is 0 Å². The Labute approximate surface area is 190 Å². The van der Waals surface area contributed by atoms with Gasteiger partial charge in [-0.05, 0) is 58.8 Å². The molecule has 2 heterocycles. The molecule has 2 aromatic rings. The number of nitrogens with one attached hydrogen (secondary N) is 1. The highest BCUT2D eigenvalue weighted by Crippen LogP contribution is 2.39. The van der Waals surface area contributed by atoms with Crippen molar-refractivity contribution in [2.75, 3.05) is 11.6 Å². The van der Waals surface area contributed by atoms with Crippen LogP contribution in [0.2, 0.25) is 0 Å². The summed E-state index contributed by atoms with van der Waals surface area (Å²) in [6.45, 7) is 5.16. The molecule has 166 valence electrons. The van der Waals surface area contributed by atoms with Crippen molar-refractivity contribution >= 4 is 41.3 Å². The standard InChI is InChI=1S/C22H28N4O3S2/c1-12-18(20-25-15-7-5-6-8-17(15)31-20)19(26-21(23-12)30-4)24-14-9-13(11-27)16(10-14)29-22(2,3)28/h6,8,11,13-14,16,28H,5,7,9-10H2,1-4H3,(H,23,24,26)/t13-,14-,16+/m1/s1. The van der Waals surface area contributed by atoms with E-state index in [1.807, 2.05) is 13.2 Å². The molecule has 31 heavy (non-hydrogen) atoms. The van der Waals surface area contributed by atoms with Gasteiger partial charge in [-0.25, -0.2) is 15.0 Å². The van der Waals surface area contributed by atoms with Crippen molar-refractivity contribution in [3.63, 3.8) is 0 Å². The predicted molar refractivity (Wildman–Crippen MR) is 124 cm³/mol. The lowest BCUT2D eigenvalue weighted by atomic mass is 10.1. The summed E-state index contributed by atoms with van der Waals surface area (Å²) in [5.74, 6) is -0.810. The highest BCUT2D eigenvalue weighted by molar-refractivity contribution is 7.98. The molecule has 0 aromatic carbocycles. The Balaban J connectivity index is 1.65. The van der Waals surface area contributed by atoms with Crippen molar-refractivity contribution in [2.45, 2.75) is 69.5 Å². The number of nitrogens with zero attached hydrogens (tertiary/aromatic N) is 3. The summed E-state index contributed by atoms with van der Waals surface area (Å²) in [5.41, 5.74) is 2.92. The summed E-state index contributed by atoms with van der Waals surface area (Å²) in [5, 5.41) is 15.2. The number of aromatic nitrogens is 3. The van der Waals surface area contributed by atoms with Crippen LogP contribution in [0.1, 0.15) is 49.4 Å². The number of carbonyl (C=O) groups is 1. The quantitative estimate of drug-likeness (QED) is 0.276. The summed E-state index contributed by atoms with van der Waals surface area (Å²) in [6, 6.07) is -0.000196. The third-order valence-corrected chi connectivity index (χ3v) is 7.15. The summed E-state index contributed by atoms with van der Waals surface area (Å²) in [6.07, 6.45) is 10.1. The van der Waals surface area contributed by atoms with Crippen molar-refractivity contribution in [1.82, 2.24) is 15.0 Å². The number of hydrogen-bond donors (Lipinski definition) is 2. The second-order valence-electron chi connectivity index (χ2n) is 8.51. The topological polar surface area (TPSA) is 97.2 Å². The predicted octanol–water partition coefficient (Wildman–Crippen LogP) is 4.09. The van der Waals surface area contributed by atoms with E-state index in [1.54, 1.807) is 25.2 Å². The minimum absolute atomic E-state index is 0.000196. The molecule has 2 N–H and O–H groups in total. The van der Waals surface area contributed by atoms with Crippen LogP contribution in [0, 0.1) is 12.8 Å². The number of allylic oxidation sites excluding steroid dienone is 1. The fourth-order valence-corrected chi connectivity index (χ4v) is 5.73. The van der Waals surface area contributed by atoms with Gasteiger partial charge < -0.3 is 20.0 Å². The first-order chi connectivity index (χ1) is 14.8. The summed E-state index contributed by atoms with van der Waals surface area (Å²) >= 11 is 3.16. The van der Waals surface area contributed by atoms with Crippen LogP contribution < -0.4 is 5.32 Å². The van der Waals surface area contributed by atoms with Crippen molar-refractivity contribution in [1.29, 1.82) is 0 Å². The van der Waals surface area contributed by atoms with Gasteiger partial charge in [0.05, 0.1) is 27.9 Å². The smallest absolute Gasteiger partial charge is 0.189 e. The van der Waals surface area contributed by atoms with E-state index < -0.39 is 5.79 Å². The molecule has 3 atom stereocenters. The van der Waals surface area contributed by atoms with Gasteiger partial charge in [0.1, 0.15) is 17.1 Å². The van der Waals surface area contributed by atoms with Crippen LogP contribution in [-0.2, 0) is 16.0 Å². The minimum Gasteiger partial charge on any atom is -0.366 e. The molecule has 7 nitrogen and oxygen atoms in total. The van der Waals surface area contributed by atoms with Gasteiger partial charge >= 0.3 is 0 Å². The average Bonchev–Trinajstić information content (AvgIpc) is 3.29. The number of thioether (sulfide) groups is 1. The van der Waals surface area contributed by atoms with Crippen molar-refractivity contribution in [3.05, 3.63) is 22.3 Å². The molecule has 2 aliphatic carbocycles. The number of aryl methyl sites for hydroxylation is 2. The first-order valence-electron chi connectivity index (χ1n) is 10.5. The van der Waals surface area contributed by atoms with E-state index in [4.69, 9.17) is 14.7 Å². The number of thiazole rings is 1. The maximum absolute atomic E-state index is 11.6. The number of rotatable bonds is 7. The first-order valence-corrected chi connectivity index (χ1v) is 12.5. The van der Waals surface area contributed by atoms with Crippen molar-refractivity contribution < 1.29 is 14.6 Å². The number of carbonyl (C=O) groups excluding carboxylic acids is 1. The van der Waals surface area contributed by atoms with Crippen LogP contribution in [-0.4, -0.2) is 50.5 Å². The van der Waals surface area contributed by atoms with E-state index in [0.29, 0.717) is 18.0 Å². The van der Waals surface area contributed by atoms with E-state index in [9.17, 15) is 9.90 Å². The fraction of sp³-hybridized carbons (Fsp3) is 0.545. The van der Waals surface area contributed by atoms with E-state index in [2.05, 4.69) is 22.5 Å². The lowest BCUT2D eigenvalue weighted by molar-refractivity contribution is -0.210. The minimum atomic E-state index is -1.28. The van der Waals surface area contributed by atoms with Gasteiger partial charge in [0.25, 0.3) is 0 Å². The first kappa shape index (κ1) is 22.4. The lowest BCUT2D eigenvalue weighted by Gasteiger charge is -2.25. The highest BCUT2D eigenvalue weighted by atomic mass is 32.2. The van der Waals surface area contributed by atoms with Gasteiger partial charge in [0, 0.05) is 12.0 Å². The number of aliphatic hydroxyl groups is 1. The lowest BCUT2D eigenvalue weighted by Crippen LogP contribution is -2.33. The number of fused-ring (bicyclic) bond motifs is 1. The average molecular weight is 461 g/mol. The third-order valence-electron chi connectivity index (χ3n) is 5.52. The molecule has 0 radical (unpaired) electrons. The van der Waals surface area contributed by atoms with Gasteiger partial charge in [0.15, 0.2) is 10.9 Å². The Morgan fingerprint density at radius 2 is 2.13 bits per heavy atom. The van der Waals surface area contributed by atoms with E-state index >= 15 is 0 Å². The van der Waals surface area contributed by atoms with E-state index in [0.717, 1.165) is 46.9 Å². The second-order valence-corrected chi connectivity index (χ2v) is 10.3. The molecule has 0 amide bonds. The SMILES string of the molecule is CSc1nc(C)c(-c2nc3c(s2)C=CCC3)c(N[C@H]2C[C@H](OC(C)(C)O)[C@@H](C=O)C2)n1. The van der Waals surface area contributed by atoms with Crippen LogP contribution in [0.3, 0.4) is 0 Å². The fourth-order valence-electron chi connectivity index (χ4n) is 4.18. The molecular weight excluding hydrogens is 432 g/mol. The molecule has 2 aliphatic rings. The number of ether oxygens (including phenoxy) is 1. The van der Waals surface area contributed by atoms with Crippen LogP contribution in [0.15, 0.2) is 11.2 Å². The van der Waals surface area contributed by atoms with Crippen LogP contribution in [0.25, 0.3) is 16.6 Å². The maximum Gasteiger partial charge on any atom is 0.189 e. The third kappa shape index (κ3) is 5.00. The molecule has 0 spiro atoms. The molecular formula is C22H28N4O3S2. The zero-order valence-corrected chi connectivity index (χ0v) is 19.8. The van der Waals surface area contributed by atoms with E-state index in [1.165, 1.54) is 16.6 Å². The molecule has 0 aliphatic heterocycles. The molecule has 9 heteroatoms. The zero-order chi connectivity index (χ0) is 22.2. The molecule has 1 fully saturated rings. The van der Waals surface area contributed by atoms with Gasteiger partial charge in [-0.1, -0.05) is 17.8 Å². The Morgan fingerprint density at radius 1 is 1.32 bits per heavy atom. The van der Waals surface area contributed by atoms with Crippen LogP contribution in [0.4, 0.5) is 5.82 Å². The second kappa shape index (κ2) is 8.97. The van der Waals surface area contributed by atoms with E-state index in [-0.39, 0.29) is 18.1 Å². The Kier molecular flexibility index (Phi) is 6.48. The summed E-state index contributed by atoms with van der Waals surface area (Å²) in [4.78, 5) is 27.1. The normalized spacial score (nSPS) is 23.1. The zero-order valence-electron chi connectivity index (χ0n) is 18.2.